The Bertz CT molecular complexity index is 707. The zero-order valence-electron chi connectivity index (χ0n) is 15.7. The SMILES string of the molecule is CCc1ccc(C#Cc2ccc(C3CCC(C[SiH2]C)CC3)cc2)cc1. The summed E-state index contributed by atoms with van der Waals surface area (Å²) in [4.78, 5) is 0. The minimum absolute atomic E-state index is 0.237. The van der Waals surface area contributed by atoms with Crippen molar-refractivity contribution in [3.63, 3.8) is 0 Å². The van der Waals surface area contributed by atoms with Crippen molar-refractivity contribution in [2.75, 3.05) is 0 Å². The van der Waals surface area contributed by atoms with Gasteiger partial charge < -0.3 is 0 Å². The van der Waals surface area contributed by atoms with Gasteiger partial charge in [-0.05, 0) is 66.5 Å². The third-order valence-corrected chi connectivity index (χ3v) is 7.03. The Morgan fingerprint density at radius 3 is 1.92 bits per heavy atom. The maximum atomic E-state index is 3.31. The van der Waals surface area contributed by atoms with E-state index < -0.39 is 0 Å². The number of hydrogen-bond donors (Lipinski definition) is 0. The molecule has 130 valence electrons. The molecule has 25 heavy (non-hydrogen) atoms. The third-order valence-electron chi connectivity index (χ3n) is 5.64. The van der Waals surface area contributed by atoms with Gasteiger partial charge in [0.05, 0.1) is 0 Å². The lowest BCUT2D eigenvalue weighted by Crippen LogP contribution is -2.14. The second-order valence-electron chi connectivity index (χ2n) is 7.43. The minimum Gasteiger partial charge on any atom is -0.0748 e. The smallest absolute Gasteiger partial charge is 0.0249 e. The molecule has 0 bridgehead atoms. The molecule has 1 aliphatic carbocycles. The lowest BCUT2D eigenvalue weighted by atomic mass is 9.79. The van der Waals surface area contributed by atoms with Crippen molar-refractivity contribution in [2.45, 2.75) is 57.5 Å². The van der Waals surface area contributed by atoms with Crippen molar-refractivity contribution in [3.05, 3.63) is 70.8 Å². The molecule has 0 saturated heterocycles. The molecule has 1 heteroatoms. The van der Waals surface area contributed by atoms with E-state index in [4.69, 9.17) is 0 Å². The molecule has 0 aliphatic heterocycles. The molecular weight excluding hydrogens is 316 g/mol. The van der Waals surface area contributed by atoms with Crippen LogP contribution in [0.5, 0.6) is 0 Å². The van der Waals surface area contributed by atoms with Crippen LogP contribution in [-0.4, -0.2) is 9.52 Å². The molecule has 0 nitrogen and oxygen atoms in total. The van der Waals surface area contributed by atoms with Crippen LogP contribution in [0.15, 0.2) is 48.5 Å². The second kappa shape index (κ2) is 9.06. The van der Waals surface area contributed by atoms with Crippen LogP contribution in [0.4, 0.5) is 0 Å². The Balaban J connectivity index is 1.60. The average Bonchev–Trinajstić information content (AvgIpc) is 2.68. The topological polar surface area (TPSA) is 0 Å². The molecule has 0 aromatic heterocycles. The average molecular weight is 347 g/mol. The summed E-state index contributed by atoms with van der Waals surface area (Å²) in [6.07, 6.45) is 6.74. The van der Waals surface area contributed by atoms with Gasteiger partial charge in [-0.25, -0.2) is 0 Å². The highest BCUT2D eigenvalue weighted by atomic mass is 28.2. The predicted molar refractivity (Wildman–Crippen MR) is 112 cm³/mol. The zero-order valence-corrected chi connectivity index (χ0v) is 17.1. The first-order valence-corrected chi connectivity index (χ1v) is 12.4. The van der Waals surface area contributed by atoms with Crippen LogP contribution in [0.2, 0.25) is 12.6 Å². The largest absolute Gasteiger partial charge is 0.0748 e. The van der Waals surface area contributed by atoms with Gasteiger partial charge in [-0.1, -0.05) is 68.5 Å². The molecule has 1 fully saturated rings. The Morgan fingerprint density at radius 2 is 1.40 bits per heavy atom. The van der Waals surface area contributed by atoms with Crippen molar-refractivity contribution in [3.8, 4) is 11.8 Å². The summed E-state index contributed by atoms with van der Waals surface area (Å²) >= 11 is 0. The molecule has 0 atom stereocenters. The van der Waals surface area contributed by atoms with Crippen molar-refractivity contribution < 1.29 is 0 Å². The number of hydrogen-bond acceptors (Lipinski definition) is 0. The number of aryl methyl sites for hydroxylation is 1. The van der Waals surface area contributed by atoms with E-state index in [1.54, 1.807) is 6.04 Å². The van der Waals surface area contributed by atoms with Gasteiger partial charge in [0.25, 0.3) is 0 Å². The van der Waals surface area contributed by atoms with E-state index in [1.165, 1.54) is 36.8 Å². The normalized spacial score (nSPS) is 20.4. The predicted octanol–water partition coefficient (Wildman–Crippen LogP) is 5.56. The van der Waals surface area contributed by atoms with Crippen LogP contribution < -0.4 is 0 Å². The van der Waals surface area contributed by atoms with Gasteiger partial charge in [0, 0.05) is 20.6 Å². The number of benzene rings is 2. The molecule has 0 heterocycles. The lowest BCUT2D eigenvalue weighted by molar-refractivity contribution is 0.347. The quantitative estimate of drug-likeness (QED) is 0.502. The van der Waals surface area contributed by atoms with E-state index in [2.05, 4.69) is 73.8 Å². The summed E-state index contributed by atoms with van der Waals surface area (Å²) in [5.41, 5.74) is 5.10. The summed E-state index contributed by atoms with van der Waals surface area (Å²) in [6.45, 7) is 4.63. The first-order valence-electron chi connectivity index (χ1n) is 9.99. The van der Waals surface area contributed by atoms with Crippen molar-refractivity contribution in [2.24, 2.45) is 5.92 Å². The summed E-state index contributed by atoms with van der Waals surface area (Å²) < 4.78 is 0. The fraction of sp³-hybridized carbons (Fsp3) is 0.417. The minimum atomic E-state index is 0.237. The first-order chi connectivity index (χ1) is 12.3. The van der Waals surface area contributed by atoms with Crippen LogP contribution in [0, 0.1) is 17.8 Å². The van der Waals surface area contributed by atoms with Crippen molar-refractivity contribution in [1.29, 1.82) is 0 Å². The van der Waals surface area contributed by atoms with E-state index in [0.717, 1.165) is 29.4 Å². The van der Waals surface area contributed by atoms with E-state index in [1.807, 2.05) is 0 Å². The van der Waals surface area contributed by atoms with Crippen molar-refractivity contribution in [1.82, 2.24) is 0 Å². The van der Waals surface area contributed by atoms with Gasteiger partial charge in [-0.15, -0.1) is 0 Å². The Labute approximate surface area is 155 Å². The highest BCUT2D eigenvalue weighted by Crippen LogP contribution is 2.37. The first kappa shape index (κ1) is 18.0. The molecule has 2 aromatic carbocycles. The highest BCUT2D eigenvalue weighted by Gasteiger charge is 2.21. The van der Waals surface area contributed by atoms with Gasteiger partial charge in [-0.3, -0.25) is 0 Å². The maximum Gasteiger partial charge on any atom is 0.0249 e. The molecule has 0 N–H and O–H groups in total. The van der Waals surface area contributed by atoms with Gasteiger partial charge >= 0.3 is 0 Å². The van der Waals surface area contributed by atoms with Crippen LogP contribution in [0.1, 0.15) is 60.8 Å². The molecule has 1 aliphatic rings. The third kappa shape index (κ3) is 5.09. The van der Waals surface area contributed by atoms with Crippen LogP contribution in [-0.2, 0) is 6.42 Å². The maximum absolute atomic E-state index is 3.31. The van der Waals surface area contributed by atoms with E-state index >= 15 is 0 Å². The molecular formula is C24H30Si. The summed E-state index contributed by atoms with van der Waals surface area (Å²) in [6, 6.07) is 19.2. The van der Waals surface area contributed by atoms with Crippen molar-refractivity contribution >= 4 is 9.52 Å². The molecule has 0 unspecified atom stereocenters. The van der Waals surface area contributed by atoms with E-state index in [-0.39, 0.29) is 9.52 Å². The Kier molecular flexibility index (Phi) is 6.53. The monoisotopic (exact) mass is 346 g/mol. The van der Waals surface area contributed by atoms with Gasteiger partial charge in [0.2, 0.25) is 0 Å². The Morgan fingerprint density at radius 1 is 0.840 bits per heavy atom. The molecule has 1 saturated carbocycles. The summed E-state index contributed by atoms with van der Waals surface area (Å²) in [5, 5.41) is 0. The van der Waals surface area contributed by atoms with Crippen LogP contribution in [0.25, 0.3) is 0 Å². The fourth-order valence-corrected chi connectivity index (χ4v) is 5.39. The Hall–Kier alpha value is -1.78. The highest BCUT2D eigenvalue weighted by molar-refractivity contribution is 6.33. The summed E-state index contributed by atoms with van der Waals surface area (Å²) in [7, 11) is 0.237. The van der Waals surface area contributed by atoms with E-state index in [9.17, 15) is 0 Å². The fourth-order valence-electron chi connectivity index (χ4n) is 4.00. The zero-order chi connectivity index (χ0) is 17.5. The lowest BCUT2D eigenvalue weighted by Gasteiger charge is -2.28. The molecule has 2 aromatic rings. The second-order valence-corrected chi connectivity index (χ2v) is 9.01. The van der Waals surface area contributed by atoms with Gasteiger partial charge in [0.15, 0.2) is 0 Å². The van der Waals surface area contributed by atoms with Crippen LogP contribution in [0.3, 0.4) is 0 Å². The van der Waals surface area contributed by atoms with E-state index in [0.29, 0.717) is 0 Å². The molecule has 3 rings (SSSR count). The molecule has 0 radical (unpaired) electrons. The standard InChI is InChI=1S/C24H30Si/c1-3-19-4-6-20(7-5-19)8-9-21-10-14-23(15-11-21)24-16-12-22(13-17-24)18-25-2/h4-7,10-11,14-15,22,24H,3,12-13,16-18,25H2,1-2H3. The molecule has 0 spiro atoms. The van der Waals surface area contributed by atoms with Gasteiger partial charge in [0.1, 0.15) is 0 Å². The summed E-state index contributed by atoms with van der Waals surface area (Å²) in [5.74, 6) is 8.41. The van der Waals surface area contributed by atoms with Gasteiger partial charge in [-0.2, -0.15) is 0 Å². The van der Waals surface area contributed by atoms with Crippen LogP contribution >= 0.6 is 0 Å². The number of rotatable bonds is 4. The molecule has 0 amide bonds.